The van der Waals surface area contributed by atoms with Gasteiger partial charge < -0.3 is 9.32 Å². The van der Waals surface area contributed by atoms with Crippen LogP contribution in [0.3, 0.4) is 0 Å². The van der Waals surface area contributed by atoms with Gasteiger partial charge in [-0.3, -0.25) is 4.90 Å². The molecule has 0 amide bonds. The Balaban J connectivity index is 1.15. The van der Waals surface area contributed by atoms with Crippen molar-refractivity contribution in [1.29, 1.82) is 0 Å². The van der Waals surface area contributed by atoms with Crippen molar-refractivity contribution in [2.24, 2.45) is 0 Å². The van der Waals surface area contributed by atoms with E-state index in [1.807, 2.05) is 24.3 Å². The molecule has 1 saturated heterocycles. The Kier molecular flexibility index (Phi) is 6.58. The Labute approximate surface area is 165 Å². The molecule has 148 valence electrons. The Morgan fingerprint density at radius 2 is 1.78 bits per heavy atom. The largest absolute Gasteiger partial charge is 0.430 e. The lowest BCUT2D eigenvalue weighted by Crippen LogP contribution is -2.50. The van der Waals surface area contributed by atoms with E-state index in [4.69, 9.17) is 4.42 Å². The summed E-state index contributed by atoms with van der Waals surface area (Å²) in [5.41, 5.74) is 1.55. The van der Waals surface area contributed by atoms with Crippen LogP contribution in [0.25, 0.3) is 11.1 Å². The standard InChI is InChI=1S/C21H31N3O2S/c25-21-24(19-10-4-5-11-20(19)26-21)27-17-7-6-12-22-13-15-23(16-14-22)18-8-2-1-3-9-18/h4-5,10-11,18H,1-3,6-9,12-17H2. The van der Waals surface area contributed by atoms with Crippen molar-refractivity contribution in [1.82, 2.24) is 13.8 Å². The number of hydrogen-bond acceptors (Lipinski definition) is 5. The molecule has 1 aromatic heterocycles. The highest BCUT2D eigenvalue weighted by molar-refractivity contribution is 7.97. The van der Waals surface area contributed by atoms with Gasteiger partial charge in [-0.05, 0) is 56.3 Å². The predicted molar refractivity (Wildman–Crippen MR) is 112 cm³/mol. The van der Waals surface area contributed by atoms with Gasteiger partial charge in [-0.2, -0.15) is 0 Å². The second-order valence-electron chi connectivity index (χ2n) is 7.84. The van der Waals surface area contributed by atoms with Crippen LogP contribution in [-0.4, -0.2) is 58.3 Å². The molecule has 2 heterocycles. The third-order valence-corrected chi connectivity index (χ3v) is 7.11. The van der Waals surface area contributed by atoms with E-state index in [9.17, 15) is 4.79 Å². The van der Waals surface area contributed by atoms with Crippen molar-refractivity contribution in [3.63, 3.8) is 0 Å². The van der Waals surface area contributed by atoms with Crippen molar-refractivity contribution in [3.05, 3.63) is 34.8 Å². The maximum absolute atomic E-state index is 12.0. The first-order valence-corrected chi connectivity index (χ1v) is 11.5. The highest BCUT2D eigenvalue weighted by Crippen LogP contribution is 2.23. The molecule has 1 saturated carbocycles. The van der Waals surface area contributed by atoms with Crippen LogP contribution in [0.1, 0.15) is 44.9 Å². The van der Waals surface area contributed by atoms with Crippen molar-refractivity contribution < 1.29 is 4.42 Å². The predicted octanol–water partition coefficient (Wildman–Crippen LogP) is 3.82. The molecule has 2 fully saturated rings. The zero-order valence-electron chi connectivity index (χ0n) is 16.1. The fourth-order valence-corrected chi connectivity index (χ4v) is 5.41. The lowest BCUT2D eigenvalue weighted by molar-refractivity contribution is 0.0784. The molecule has 0 unspecified atom stereocenters. The highest BCUT2D eigenvalue weighted by Gasteiger charge is 2.24. The van der Waals surface area contributed by atoms with Crippen LogP contribution in [0.2, 0.25) is 0 Å². The average Bonchev–Trinajstić information content (AvgIpc) is 3.04. The Morgan fingerprint density at radius 1 is 1.00 bits per heavy atom. The topological polar surface area (TPSA) is 41.6 Å². The molecule has 2 aliphatic rings. The van der Waals surface area contributed by atoms with Gasteiger partial charge in [-0.1, -0.05) is 31.4 Å². The van der Waals surface area contributed by atoms with Gasteiger partial charge in [0, 0.05) is 38.0 Å². The number of nitrogens with zero attached hydrogens (tertiary/aromatic N) is 3. The third kappa shape index (κ3) is 4.79. The number of para-hydroxylation sites is 2. The summed E-state index contributed by atoms with van der Waals surface area (Å²) in [4.78, 5) is 17.3. The van der Waals surface area contributed by atoms with Crippen LogP contribution in [0.5, 0.6) is 0 Å². The number of hydrogen-bond donors (Lipinski definition) is 0. The van der Waals surface area contributed by atoms with Crippen LogP contribution in [0.4, 0.5) is 0 Å². The fourth-order valence-electron chi connectivity index (χ4n) is 4.46. The van der Waals surface area contributed by atoms with E-state index in [1.54, 1.807) is 15.9 Å². The Bertz CT molecular complexity index is 773. The van der Waals surface area contributed by atoms with E-state index in [0.717, 1.165) is 23.7 Å². The Hall–Kier alpha value is -1.24. The normalized spacial score (nSPS) is 20.4. The molecule has 5 nitrogen and oxygen atoms in total. The molecule has 6 heteroatoms. The average molecular weight is 390 g/mol. The number of oxazole rings is 1. The summed E-state index contributed by atoms with van der Waals surface area (Å²) in [6.45, 7) is 6.11. The van der Waals surface area contributed by atoms with Gasteiger partial charge in [0.25, 0.3) is 0 Å². The van der Waals surface area contributed by atoms with E-state index in [-0.39, 0.29) is 5.76 Å². The minimum absolute atomic E-state index is 0.264. The van der Waals surface area contributed by atoms with Gasteiger partial charge in [-0.25, -0.2) is 8.77 Å². The first-order chi connectivity index (χ1) is 13.3. The fraction of sp³-hybridized carbons (Fsp3) is 0.667. The van der Waals surface area contributed by atoms with Crippen LogP contribution in [-0.2, 0) is 0 Å². The van der Waals surface area contributed by atoms with Crippen molar-refractivity contribution >= 4 is 23.0 Å². The number of benzene rings is 1. The second-order valence-corrected chi connectivity index (χ2v) is 8.87. The number of unbranched alkanes of at least 4 members (excludes halogenated alkanes) is 1. The van der Waals surface area contributed by atoms with Crippen LogP contribution in [0, 0.1) is 0 Å². The van der Waals surface area contributed by atoms with Gasteiger partial charge in [0.05, 0.1) is 0 Å². The maximum atomic E-state index is 12.0. The summed E-state index contributed by atoms with van der Waals surface area (Å²) in [5.74, 6) is 0.686. The number of rotatable bonds is 7. The van der Waals surface area contributed by atoms with Crippen LogP contribution in [0.15, 0.2) is 33.5 Å². The second kappa shape index (κ2) is 9.30. The maximum Gasteiger partial charge on any atom is 0.430 e. The quantitative estimate of drug-likeness (QED) is 0.674. The molecule has 0 atom stereocenters. The summed E-state index contributed by atoms with van der Waals surface area (Å²) in [5, 5.41) is 0. The van der Waals surface area contributed by atoms with Gasteiger partial charge >= 0.3 is 5.76 Å². The molecule has 1 aromatic carbocycles. The van der Waals surface area contributed by atoms with E-state index >= 15 is 0 Å². The first kappa shape index (κ1) is 19.1. The van der Waals surface area contributed by atoms with Crippen LogP contribution < -0.4 is 5.76 Å². The summed E-state index contributed by atoms with van der Waals surface area (Å²) in [6, 6.07) is 8.50. The molecular weight excluding hydrogens is 358 g/mol. The van der Waals surface area contributed by atoms with Crippen LogP contribution >= 0.6 is 11.9 Å². The first-order valence-electron chi connectivity index (χ1n) is 10.5. The SMILES string of the molecule is O=c1oc2ccccc2n1SCCCCN1CCN(C2CCCCC2)CC1. The molecule has 1 aliphatic heterocycles. The van der Waals surface area contributed by atoms with Crippen molar-refractivity contribution in [2.75, 3.05) is 38.5 Å². The lowest BCUT2D eigenvalue weighted by atomic mass is 9.94. The molecule has 27 heavy (non-hydrogen) atoms. The van der Waals surface area contributed by atoms with Gasteiger partial charge in [0.15, 0.2) is 5.58 Å². The van der Waals surface area contributed by atoms with Gasteiger partial charge in [-0.15, -0.1) is 0 Å². The van der Waals surface area contributed by atoms with Gasteiger partial charge in [0.1, 0.15) is 5.52 Å². The molecule has 1 aliphatic carbocycles. The van der Waals surface area contributed by atoms with Crippen molar-refractivity contribution in [3.8, 4) is 0 Å². The molecular formula is C21H31N3O2S. The number of piperazine rings is 1. The summed E-state index contributed by atoms with van der Waals surface area (Å²) < 4.78 is 6.98. The molecule has 0 N–H and O–H groups in total. The highest BCUT2D eigenvalue weighted by atomic mass is 32.2. The molecule has 2 aromatic rings. The van der Waals surface area contributed by atoms with Crippen molar-refractivity contribution in [2.45, 2.75) is 51.0 Å². The molecule has 0 spiro atoms. The van der Waals surface area contributed by atoms with Gasteiger partial charge in [0.2, 0.25) is 0 Å². The third-order valence-electron chi connectivity index (χ3n) is 6.03. The molecule has 0 radical (unpaired) electrons. The Morgan fingerprint density at radius 3 is 2.59 bits per heavy atom. The van der Waals surface area contributed by atoms with E-state index in [1.165, 1.54) is 71.2 Å². The van der Waals surface area contributed by atoms with E-state index in [2.05, 4.69) is 9.80 Å². The molecule has 4 rings (SSSR count). The minimum Gasteiger partial charge on any atom is -0.407 e. The summed E-state index contributed by atoms with van der Waals surface area (Å²) >= 11 is 1.57. The van der Waals surface area contributed by atoms with E-state index in [0.29, 0.717) is 5.58 Å². The van der Waals surface area contributed by atoms with E-state index < -0.39 is 0 Å². The lowest BCUT2D eigenvalue weighted by Gasteiger charge is -2.40. The minimum atomic E-state index is -0.264. The zero-order chi connectivity index (χ0) is 18.5. The summed E-state index contributed by atoms with van der Waals surface area (Å²) in [6.07, 6.45) is 9.45. The number of fused-ring (bicyclic) bond motifs is 1. The zero-order valence-corrected chi connectivity index (χ0v) is 17.0. The molecule has 0 bridgehead atoms. The number of aromatic nitrogens is 1. The monoisotopic (exact) mass is 389 g/mol. The summed E-state index contributed by atoms with van der Waals surface area (Å²) in [7, 11) is 0. The smallest absolute Gasteiger partial charge is 0.407 e.